The van der Waals surface area contributed by atoms with Gasteiger partial charge in [-0.1, -0.05) is 6.92 Å². The minimum absolute atomic E-state index is 0.115. The number of carbonyl (C=O) groups is 1. The number of thioether (sulfide) groups is 1. The number of aromatic nitrogens is 3. The van der Waals surface area contributed by atoms with Gasteiger partial charge < -0.3 is 10.1 Å². The number of methoxy groups -OCH3 is 1. The summed E-state index contributed by atoms with van der Waals surface area (Å²) in [4.78, 5) is 42.4. The molecule has 2 aromatic heterocycles. The zero-order valence-electron chi connectivity index (χ0n) is 16.7. The van der Waals surface area contributed by atoms with Crippen LogP contribution in [0.25, 0.3) is 11.0 Å². The van der Waals surface area contributed by atoms with Crippen molar-refractivity contribution in [1.82, 2.24) is 14.1 Å². The molecule has 0 unspecified atom stereocenters. The fourth-order valence-corrected chi connectivity index (χ4v) is 4.02. The van der Waals surface area contributed by atoms with Gasteiger partial charge in [-0.2, -0.15) is 0 Å². The molecular formula is C20H22N4O4S. The number of fused-ring (bicyclic) bond motifs is 1. The van der Waals surface area contributed by atoms with Crippen LogP contribution in [0.1, 0.15) is 12.5 Å². The molecule has 1 amide bonds. The third-order valence-electron chi connectivity index (χ3n) is 4.60. The van der Waals surface area contributed by atoms with Crippen LogP contribution in [0.15, 0.2) is 44.9 Å². The first kappa shape index (κ1) is 20.7. The Hall–Kier alpha value is -3.07. The summed E-state index contributed by atoms with van der Waals surface area (Å²) in [5.41, 5.74) is 0.977. The molecule has 8 nitrogen and oxygen atoms in total. The van der Waals surface area contributed by atoms with E-state index in [1.807, 2.05) is 6.92 Å². The summed E-state index contributed by atoms with van der Waals surface area (Å²) in [5, 5.41) is 3.18. The van der Waals surface area contributed by atoms with E-state index in [-0.39, 0.29) is 11.7 Å². The number of amides is 1. The molecule has 0 bridgehead atoms. The maximum Gasteiger partial charge on any atom is 0.332 e. The van der Waals surface area contributed by atoms with Crippen LogP contribution in [0.2, 0.25) is 0 Å². The lowest BCUT2D eigenvalue weighted by Crippen LogP contribution is -2.37. The van der Waals surface area contributed by atoms with Crippen molar-refractivity contribution >= 4 is 34.4 Å². The van der Waals surface area contributed by atoms with Crippen LogP contribution in [0.3, 0.4) is 0 Å². The summed E-state index contributed by atoms with van der Waals surface area (Å²) in [6.07, 6.45) is 2.31. The molecule has 3 rings (SSSR count). The highest BCUT2D eigenvalue weighted by atomic mass is 32.2. The molecule has 0 aliphatic carbocycles. The number of nitrogens with zero attached hydrogens (tertiary/aromatic N) is 3. The molecule has 1 aromatic carbocycles. The number of benzene rings is 1. The maximum atomic E-state index is 12.8. The molecule has 2 heterocycles. The van der Waals surface area contributed by atoms with Gasteiger partial charge in [0, 0.05) is 30.9 Å². The quantitative estimate of drug-likeness (QED) is 0.620. The highest BCUT2D eigenvalue weighted by Crippen LogP contribution is 2.28. The van der Waals surface area contributed by atoms with E-state index in [0.717, 1.165) is 10.1 Å². The Bertz CT molecular complexity index is 1180. The number of hydrogen-bond donors (Lipinski definition) is 1. The monoisotopic (exact) mass is 414 g/mol. The first-order chi connectivity index (χ1) is 13.9. The Balaban J connectivity index is 1.91. The third kappa shape index (κ3) is 4.04. The van der Waals surface area contributed by atoms with Gasteiger partial charge in [0.15, 0.2) is 0 Å². The smallest absolute Gasteiger partial charge is 0.332 e. The van der Waals surface area contributed by atoms with Gasteiger partial charge in [-0.3, -0.25) is 18.7 Å². The first-order valence-electron chi connectivity index (χ1n) is 9.01. The predicted octanol–water partition coefficient (Wildman–Crippen LogP) is 1.93. The molecule has 152 valence electrons. The number of hydrogen-bond acceptors (Lipinski definition) is 6. The van der Waals surface area contributed by atoms with Crippen LogP contribution in [0.4, 0.5) is 5.69 Å². The molecular weight excluding hydrogens is 392 g/mol. The molecule has 0 aliphatic rings. The van der Waals surface area contributed by atoms with E-state index >= 15 is 0 Å². The van der Waals surface area contributed by atoms with E-state index in [4.69, 9.17) is 4.74 Å². The average Bonchev–Trinajstić information content (AvgIpc) is 2.74. The molecule has 1 N–H and O–H groups in total. The molecule has 0 spiro atoms. The van der Waals surface area contributed by atoms with Crippen molar-refractivity contribution in [2.24, 2.45) is 14.1 Å². The number of carbonyl (C=O) groups excluding carboxylic acids is 1. The lowest BCUT2D eigenvalue weighted by Gasteiger charge is -2.13. The van der Waals surface area contributed by atoms with Crippen LogP contribution in [0.5, 0.6) is 5.75 Å². The summed E-state index contributed by atoms with van der Waals surface area (Å²) in [6.45, 7) is 1.96. The van der Waals surface area contributed by atoms with Gasteiger partial charge in [-0.05, 0) is 36.2 Å². The van der Waals surface area contributed by atoms with Crippen molar-refractivity contribution < 1.29 is 9.53 Å². The van der Waals surface area contributed by atoms with Gasteiger partial charge in [-0.25, -0.2) is 9.78 Å². The van der Waals surface area contributed by atoms with Gasteiger partial charge in [-0.15, -0.1) is 11.8 Å². The molecule has 3 aromatic rings. The number of ether oxygens (including phenoxy) is 1. The molecule has 9 heteroatoms. The van der Waals surface area contributed by atoms with Crippen LogP contribution in [-0.4, -0.2) is 32.9 Å². The van der Waals surface area contributed by atoms with Crippen LogP contribution < -0.4 is 21.3 Å². The number of aryl methyl sites for hydroxylation is 2. The molecule has 29 heavy (non-hydrogen) atoms. The number of pyridine rings is 1. The minimum Gasteiger partial charge on any atom is -0.497 e. The minimum atomic E-state index is -0.438. The van der Waals surface area contributed by atoms with E-state index in [9.17, 15) is 14.4 Å². The average molecular weight is 414 g/mol. The molecule has 0 aliphatic heterocycles. The Morgan fingerprint density at radius 1 is 1.17 bits per heavy atom. The third-order valence-corrected chi connectivity index (χ3v) is 5.76. The highest BCUT2D eigenvalue weighted by molar-refractivity contribution is 8.00. The number of anilines is 1. The van der Waals surface area contributed by atoms with Crippen molar-refractivity contribution in [2.45, 2.75) is 18.2 Å². The molecule has 0 saturated heterocycles. The molecule has 0 radical (unpaired) electrons. The highest BCUT2D eigenvalue weighted by Gasteiger charge is 2.18. The molecule has 0 fully saturated rings. The van der Waals surface area contributed by atoms with Crippen molar-refractivity contribution in [3.63, 3.8) is 0 Å². The zero-order chi connectivity index (χ0) is 21.1. The summed E-state index contributed by atoms with van der Waals surface area (Å²) >= 11 is 1.27. The summed E-state index contributed by atoms with van der Waals surface area (Å²) in [6, 6.07) is 7.04. The Kier molecular flexibility index (Phi) is 6.07. The fraction of sp³-hybridized carbons (Fsp3) is 0.300. The van der Waals surface area contributed by atoms with Gasteiger partial charge in [0.2, 0.25) is 5.91 Å². The zero-order valence-corrected chi connectivity index (χ0v) is 17.5. The van der Waals surface area contributed by atoms with E-state index in [0.29, 0.717) is 33.8 Å². The van der Waals surface area contributed by atoms with Crippen molar-refractivity contribution in [2.75, 3.05) is 18.2 Å². The van der Waals surface area contributed by atoms with Gasteiger partial charge >= 0.3 is 5.69 Å². The lowest BCUT2D eigenvalue weighted by atomic mass is 10.2. The largest absolute Gasteiger partial charge is 0.497 e. The summed E-state index contributed by atoms with van der Waals surface area (Å²) in [5.74, 6) is 0.618. The topological polar surface area (TPSA) is 95.2 Å². The molecule has 0 atom stereocenters. The second-order valence-corrected chi connectivity index (χ2v) is 7.42. The standard InChI is InChI=1S/C20H22N4O4S/c1-5-12-10-21-18-16(19(26)24(3)20(27)23(18)2)17(12)29-11-15(25)22-13-6-8-14(28-4)9-7-13/h6-10H,5,11H2,1-4H3,(H,22,25). The van der Waals surface area contributed by atoms with Gasteiger partial charge in [0.05, 0.1) is 18.2 Å². The fourth-order valence-electron chi connectivity index (χ4n) is 2.97. The van der Waals surface area contributed by atoms with E-state index in [2.05, 4.69) is 10.3 Å². The second-order valence-electron chi connectivity index (χ2n) is 6.44. The van der Waals surface area contributed by atoms with Crippen LogP contribution >= 0.6 is 11.8 Å². The van der Waals surface area contributed by atoms with E-state index in [1.54, 1.807) is 44.6 Å². The van der Waals surface area contributed by atoms with Crippen molar-refractivity contribution in [1.29, 1.82) is 0 Å². The van der Waals surface area contributed by atoms with E-state index in [1.165, 1.54) is 23.4 Å². The first-order valence-corrected chi connectivity index (χ1v) is 10.00. The summed E-state index contributed by atoms with van der Waals surface area (Å²) < 4.78 is 7.51. The summed E-state index contributed by atoms with van der Waals surface area (Å²) in [7, 11) is 4.59. The number of nitrogens with one attached hydrogen (secondary N) is 1. The lowest BCUT2D eigenvalue weighted by molar-refractivity contribution is -0.113. The van der Waals surface area contributed by atoms with Crippen molar-refractivity contribution in [3.8, 4) is 5.75 Å². The number of rotatable bonds is 6. The SMILES string of the molecule is CCc1cnc2c(c1SCC(=O)Nc1ccc(OC)cc1)c(=O)n(C)c(=O)n2C. The van der Waals surface area contributed by atoms with Gasteiger partial charge in [0.1, 0.15) is 11.4 Å². The Morgan fingerprint density at radius 2 is 1.86 bits per heavy atom. The molecule has 0 saturated carbocycles. The van der Waals surface area contributed by atoms with Gasteiger partial charge in [0.25, 0.3) is 5.56 Å². The second kappa shape index (κ2) is 8.52. The Morgan fingerprint density at radius 3 is 2.48 bits per heavy atom. The normalized spacial score (nSPS) is 10.9. The van der Waals surface area contributed by atoms with Crippen LogP contribution in [0, 0.1) is 0 Å². The van der Waals surface area contributed by atoms with E-state index < -0.39 is 11.2 Å². The maximum absolute atomic E-state index is 12.8. The predicted molar refractivity (Wildman–Crippen MR) is 114 cm³/mol. The van der Waals surface area contributed by atoms with Crippen LogP contribution in [-0.2, 0) is 25.3 Å². The van der Waals surface area contributed by atoms with Crippen molar-refractivity contribution in [3.05, 3.63) is 56.9 Å². The Labute approximate surface area is 171 Å².